The highest BCUT2D eigenvalue weighted by atomic mass is 19.4. The fraction of sp³-hybridized carbons (Fsp3) is 0.588. The molecule has 1 unspecified atom stereocenters. The number of rotatable bonds is 10. The molecule has 2 aliphatic carbocycles. The average Bonchev–Trinajstić information content (AvgIpc) is 3.18. The summed E-state index contributed by atoms with van der Waals surface area (Å²) in [6.45, 7) is 6.64. The number of nitrogens with zero attached hydrogens (tertiary/aromatic N) is 2. The summed E-state index contributed by atoms with van der Waals surface area (Å²) >= 11 is 0. The first-order valence-corrected chi connectivity index (χ1v) is 15.9. The number of fused-ring (bicyclic) bond motifs is 1. The van der Waals surface area contributed by atoms with E-state index in [1.165, 1.54) is 36.6 Å². The first-order chi connectivity index (χ1) is 21.6. The molecule has 13 heteroatoms. The lowest BCUT2D eigenvalue weighted by atomic mass is 9.75. The number of likely N-dealkylation sites (N-methyl/N-ethyl adjacent to an activating group) is 1. The van der Waals surface area contributed by atoms with E-state index in [-0.39, 0.29) is 47.5 Å². The molecule has 0 bridgehead atoms. The number of quaternary nitrogens is 1. The van der Waals surface area contributed by atoms with E-state index >= 15 is 0 Å². The summed E-state index contributed by atoms with van der Waals surface area (Å²) in [5.74, 6) is -2.48. The lowest BCUT2D eigenvalue weighted by molar-refractivity contribution is -0.873. The molecular weight excluding hydrogens is 617 g/mol. The van der Waals surface area contributed by atoms with Crippen LogP contribution in [0.3, 0.4) is 0 Å². The largest absolute Gasteiger partial charge is 0.456 e. The number of amides is 1. The third-order valence-electron chi connectivity index (χ3n) is 8.69. The summed E-state index contributed by atoms with van der Waals surface area (Å²) < 4.78 is 56.6. The van der Waals surface area contributed by atoms with Gasteiger partial charge in [-0.2, -0.15) is 13.2 Å². The fourth-order valence-corrected chi connectivity index (χ4v) is 7.00. The van der Waals surface area contributed by atoms with Gasteiger partial charge < -0.3 is 29.6 Å². The quantitative estimate of drug-likeness (QED) is 0.190. The Bertz CT molecular complexity index is 1560. The van der Waals surface area contributed by atoms with Crippen molar-refractivity contribution in [3.8, 4) is 5.69 Å². The monoisotopic (exact) mass is 663 g/mol. The zero-order valence-corrected chi connectivity index (χ0v) is 28.2. The van der Waals surface area contributed by atoms with Crippen LogP contribution >= 0.6 is 0 Å². The Kier molecular flexibility index (Phi) is 9.93. The van der Waals surface area contributed by atoms with Crippen molar-refractivity contribution in [3.05, 3.63) is 46.3 Å². The van der Waals surface area contributed by atoms with E-state index in [9.17, 15) is 32.3 Å². The number of ketones is 1. The number of halogens is 3. The average molecular weight is 664 g/mol. The minimum absolute atomic E-state index is 0.0130. The van der Waals surface area contributed by atoms with Crippen molar-refractivity contribution in [1.29, 1.82) is 0 Å². The zero-order valence-electron chi connectivity index (χ0n) is 28.2. The number of carbonyl (C=O) groups excluding carboxylic acids is 4. The highest BCUT2D eigenvalue weighted by Gasteiger charge is 2.46. The standard InChI is InChI=1S/C34H45F3N4O6/c1-20-30(34(35,36)37)29-26(17-32(3,4)18-27(29)43)40(20)22-11-12-24(31(38)45)25(15-22)39-33(13-9-8-10-14-33)47-28(44)16-23(46-21(2)42)19-41(5,6)7/h11-12,15,23H,8-10,13-14,16-19H2,1-7H3,(H2-,38,39,45)/p+1. The van der Waals surface area contributed by atoms with Gasteiger partial charge in [0.05, 0.1) is 49.9 Å². The Hall–Kier alpha value is -3.87. The number of Topliss-reactive ketones (excluding diaryl/α,β-unsaturated/α-hetero) is 1. The lowest BCUT2D eigenvalue weighted by Crippen LogP contribution is -2.47. The molecule has 1 amide bonds. The van der Waals surface area contributed by atoms with Gasteiger partial charge in [-0.25, -0.2) is 0 Å². The molecule has 1 heterocycles. The number of hydrogen-bond donors (Lipinski definition) is 2. The van der Waals surface area contributed by atoms with Gasteiger partial charge in [0, 0.05) is 43.3 Å². The van der Waals surface area contributed by atoms with Crippen molar-refractivity contribution in [2.24, 2.45) is 11.1 Å². The summed E-state index contributed by atoms with van der Waals surface area (Å²) in [4.78, 5) is 50.9. The molecule has 0 saturated heterocycles. The Labute approximate surface area is 273 Å². The second kappa shape index (κ2) is 13.0. The minimum atomic E-state index is -4.76. The van der Waals surface area contributed by atoms with E-state index in [1.807, 2.05) is 35.0 Å². The number of hydrogen-bond acceptors (Lipinski definition) is 7. The maximum Gasteiger partial charge on any atom is 0.418 e. The molecular formula is C34H46F3N4O6+. The van der Waals surface area contributed by atoms with Crippen molar-refractivity contribution in [1.82, 2.24) is 4.57 Å². The Morgan fingerprint density at radius 1 is 1.09 bits per heavy atom. The normalized spacial score (nSPS) is 18.2. The van der Waals surface area contributed by atoms with Crippen LogP contribution < -0.4 is 11.1 Å². The van der Waals surface area contributed by atoms with Crippen LogP contribution in [0.1, 0.15) is 103 Å². The molecule has 3 N–H and O–H groups in total. The molecule has 1 atom stereocenters. The molecule has 1 aromatic carbocycles. The van der Waals surface area contributed by atoms with Gasteiger partial charge in [0.2, 0.25) is 0 Å². The van der Waals surface area contributed by atoms with Crippen molar-refractivity contribution in [2.75, 3.05) is 33.0 Å². The molecule has 1 saturated carbocycles. The van der Waals surface area contributed by atoms with E-state index in [0.717, 1.165) is 6.42 Å². The second-order valence-electron chi connectivity index (χ2n) is 14.7. The first-order valence-electron chi connectivity index (χ1n) is 15.9. The van der Waals surface area contributed by atoms with Crippen LogP contribution in [0.25, 0.3) is 5.69 Å². The molecule has 0 radical (unpaired) electrons. The van der Waals surface area contributed by atoms with Crippen LogP contribution in [0.4, 0.5) is 18.9 Å². The molecule has 4 rings (SSSR count). The number of alkyl halides is 3. The van der Waals surface area contributed by atoms with Gasteiger partial charge in [-0.15, -0.1) is 0 Å². The van der Waals surface area contributed by atoms with Gasteiger partial charge in [-0.05, 0) is 49.8 Å². The highest BCUT2D eigenvalue weighted by molar-refractivity contribution is 6.01. The van der Waals surface area contributed by atoms with Gasteiger partial charge in [0.25, 0.3) is 5.91 Å². The van der Waals surface area contributed by atoms with E-state index in [2.05, 4.69) is 5.32 Å². The number of primary amides is 1. The maximum atomic E-state index is 14.4. The zero-order chi connectivity index (χ0) is 35.1. The predicted octanol–water partition coefficient (Wildman–Crippen LogP) is 5.70. The summed E-state index contributed by atoms with van der Waals surface area (Å²) in [6, 6.07) is 4.44. The Morgan fingerprint density at radius 3 is 2.28 bits per heavy atom. The Morgan fingerprint density at radius 2 is 1.72 bits per heavy atom. The van der Waals surface area contributed by atoms with E-state index in [1.54, 1.807) is 0 Å². The molecule has 1 aromatic heterocycles. The van der Waals surface area contributed by atoms with Crippen molar-refractivity contribution >= 4 is 29.3 Å². The van der Waals surface area contributed by atoms with Crippen LogP contribution in [-0.4, -0.2) is 72.2 Å². The van der Waals surface area contributed by atoms with Gasteiger partial charge in [0.1, 0.15) is 6.54 Å². The summed E-state index contributed by atoms with van der Waals surface area (Å²) in [7, 11) is 5.72. The molecule has 258 valence electrons. The van der Waals surface area contributed by atoms with Crippen LogP contribution in [0.5, 0.6) is 0 Å². The van der Waals surface area contributed by atoms with Crippen LogP contribution in [0.2, 0.25) is 0 Å². The lowest BCUT2D eigenvalue weighted by Gasteiger charge is -2.39. The van der Waals surface area contributed by atoms with Gasteiger partial charge in [0.15, 0.2) is 17.6 Å². The van der Waals surface area contributed by atoms with E-state index in [0.29, 0.717) is 42.4 Å². The molecule has 2 aromatic rings. The Balaban J connectivity index is 1.77. The van der Waals surface area contributed by atoms with E-state index in [4.69, 9.17) is 15.2 Å². The summed E-state index contributed by atoms with van der Waals surface area (Å²) in [5, 5.41) is 3.25. The third-order valence-corrected chi connectivity index (χ3v) is 8.69. The van der Waals surface area contributed by atoms with Crippen molar-refractivity contribution in [2.45, 2.75) is 97.1 Å². The van der Waals surface area contributed by atoms with Crippen LogP contribution in [-0.2, 0) is 31.7 Å². The number of aromatic nitrogens is 1. The molecule has 47 heavy (non-hydrogen) atoms. The SMILES string of the molecule is CC(=O)OC(CC(=O)OC1(Nc2cc(-n3c(C)c(C(F)(F)F)c4c3CC(C)(C)CC4=O)ccc2C(N)=O)CCCCC1)C[N+](C)(C)C. The maximum absolute atomic E-state index is 14.4. The fourth-order valence-electron chi connectivity index (χ4n) is 7.00. The van der Waals surface area contributed by atoms with E-state index < -0.39 is 52.6 Å². The topological polar surface area (TPSA) is 130 Å². The minimum Gasteiger partial charge on any atom is -0.456 e. The summed E-state index contributed by atoms with van der Waals surface area (Å²) in [6.07, 6.45) is -2.39. The number of nitrogens with two attached hydrogens (primary N) is 1. The second-order valence-corrected chi connectivity index (χ2v) is 14.7. The first kappa shape index (κ1) is 36.0. The number of esters is 2. The van der Waals surface area contributed by atoms with Crippen LogP contribution in [0, 0.1) is 12.3 Å². The molecule has 2 aliphatic rings. The van der Waals surface area contributed by atoms with Gasteiger partial charge in [-0.1, -0.05) is 20.3 Å². The third kappa shape index (κ3) is 8.35. The smallest absolute Gasteiger partial charge is 0.418 e. The number of benzene rings is 1. The highest BCUT2D eigenvalue weighted by Crippen LogP contribution is 2.46. The molecule has 1 fully saturated rings. The van der Waals surface area contributed by atoms with Gasteiger partial charge >= 0.3 is 18.1 Å². The predicted molar refractivity (Wildman–Crippen MR) is 169 cm³/mol. The summed E-state index contributed by atoms with van der Waals surface area (Å²) in [5.41, 5.74) is 3.28. The van der Waals surface area contributed by atoms with Crippen LogP contribution in [0.15, 0.2) is 18.2 Å². The number of nitrogens with one attached hydrogen (secondary N) is 1. The number of carbonyl (C=O) groups is 4. The molecule has 0 aliphatic heterocycles. The molecule has 0 spiro atoms. The van der Waals surface area contributed by atoms with Crippen molar-refractivity contribution in [3.63, 3.8) is 0 Å². The number of anilines is 1. The van der Waals surface area contributed by atoms with Gasteiger partial charge in [-0.3, -0.25) is 19.2 Å². The molecule has 10 nitrogen and oxygen atoms in total. The van der Waals surface area contributed by atoms with Crippen molar-refractivity contribution < 1.29 is 46.3 Å². The number of ether oxygens (including phenoxy) is 2.